The van der Waals surface area contributed by atoms with Crippen molar-refractivity contribution in [2.75, 3.05) is 26.2 Å². The lowest BCUT2D eigenvalue weighted by atomic mass is 10.2. The van der Waals surface area contributed by atoms with Crippen molar-refractivity contribution in [3.63, 3.8) is 0 Å². The van der Waals surface area contributed by atoms with Crippen LogP contribution in [0.25, 0.3) is 0 Å². The zero-order valence-corrected chi connectivity index (χ0v) is 14.9. The summed E-state index contributed by atoms with van der Waals surface area (Å²) < 4.78 is 3.34. The molecule has 1 saturated heterocycles. The molecule has 1 aromatic rings. The van der Waals surface area contributed by atoms with Crippen LogP contribution in [0.5, 0.6) is 0 Å². The Kier molecular flexibility index (Phi) is 5.02. The van der Waals surface area contributed by atoms with E-state index in [1.165, 1.54) is 62.0 Å². The van der Waals surface area contributed by atoms with Gasteiger partial charge in [0.25, 0.3) is 0 Å². The minimum atomic E-state index is 0.877. The van der Waals surface area contributed by atoms with E-state index in [1.54, 1.807) is 0 Å². The summed E-state index contributed by atoms with van der Waals surface area (Å²) >= 11 is 3.71. The summed E-state index contributed by atoms with van der Waals surface area (Å²) in [6.45, 7) is 11.1. The van der Waals surface area contributed by atoms with Gasteiger partial charge in [0.1, 0.15) is 0 Å². The number of rotatable bonds is 4. The minimum Gasteiger partial charge on any atom is -0.298 e. The Bertz CT molecular complexity index is 471. The number of hydrogen-bond donors (Lipinski definition) is 0. The van der Waals surface area contributed by atoms with Gasteiger partial charge in [-0.1, -0.05) is 12.8 Å². The Morgan fingerprint density at radius 1 is 1.14 bits per heavy atom. The first kappa shape index (κ1) is 15.5. The number of aryl methyl sites for hydroxylation is 2. The number of nitrogens with zero attached hydrogens (tertiary/aromatic N) is 4. The molecule has 118 valence electrons. The maximum Gasteiger partial charge on any atom is 0.0739 e. The first-order chi connectivity index (χ1) is 10.2. The number of aromatic nitrogens is 2. The van der Waals surface area contributed by atoms with E-state index >= 15 is 0 Å². The molecule has 0 amide bonds. The summed E-state index contributed by atoms with van der Waals surface area (Å²) in [4.78, 5) is 5.31. The highest BCUT2D eigenvalue weighted by molar-refractivity contribution is 9.10. The van der Waals surface area contributed by atoms with Gasteiger partial charge in [-0.25, -0.2) is 0 Å². The molecule has 1 aromatic heterocycles. The molecule has 1 aliphatic heterocycles. The van der Waals surface area contributed by atoms with Crippen LogP contribution in [0.4, 0.5) is 0 Å². The number of halogens is 1. The van der Waals surface area contributed by atoms with E-state index in [4.69, 9.17) is 0 Å². The topological polar surface area (TPSA) is 24.3 Å². The van der Waals surface area contributed by atoms with Crippen LogP contribution in [0.15, 0.2) is 4.47 Å². The first-order valence-electron chi connectivity index (χ1n) is 8.37. The van der Waals surface area contributed by atoms with E-state index in [0.29, 0.717) is 0 Å². The van der Waals surface area contributed by atoms with Gasteiger partial charge in [-0.2, -0.15) is 5.10 Å². The molecule has 1 saturated carbocycles. The fourth-order valence-corrected chi connectivity index (χ4v) is 4.20. The Hall–Kier alpha value is -0.390. The molecule has 0 unspecified atom stereocenters. The summed E-state index contributed by atoms with van der Waals surface area (Å²) in [5, 5.41) is 4.60. The lowest BCUT2D eigenvalue weighted by molar-refractivity contribution is 0.0919. The van der Waals surface area contributed by atoms with Crippen molar-refractivity contribution < 1.29 is 0 Å². The Labute approximate surface area is 136 Å². The van der Waals surface area contributed by atoms with Crippen molar-refractivity contribution in [2.45, 2.75) is 58.7 Å². The van der Waals surface area contributed by atoms with Crippen LogP contribution in [-0.4, -0.2) is 51.8 Å². The smallest absolute Gasteiger partial charge is 0.0739 e. The van der Waals surface area contributed by atoms with Crippen LogP contribution in [0, 0.1) is 6.92 Å². The van der Waals surface area contributed by atoms with Crippen LogP contribution in [0.1, 0.15) is 44.0 Å². The second kappa shape index (κ2) is 6.80. The van der Waals surface area contributed by atoms with E-state index in [0.717, 1.165) is 24.8 Å². The largest absolute Gasteiger partial charge is 0.298 e. The molecular weight excluding hydrogens is 328 g/mol. The highest BCUT2D eigenvalue weighted by atomic mass is 79.9. The van der Waals surface area contributed by atoms with Gasteiger partial charge in [0.2, 0.25) is 0 Å². The molecule has 0 atom stereocenters. The van der Waals surface area contributed by atoms with E-state index in [-0.39, 0.29) is 0 Å². The van der Waals surface area contributed by atoms with Crippen LogP contribution in [0.3, 0.4) is 0 Å². The molecule has 2 aliphatic rings. The maximum absolute atomic E-state index is 4.60. The maximum atomic E-state index is 4.60. The van der Waals surface area contributed by atoms with E-state index in [9.17, 15) is 0 Å². The molecule has 5 heteroatoms. The standard InChI is InChI=1S/C16H27BrN4/c1-3-21-15(16(17)13(2)18-21)12-19-8-10-20(11-9-19)14-6-4-5-7-14/h14H,3-12H2,1-2H3. The second-order valence-electron chi connectivity index (χ2n) is 6.41. The SMILES string of the molecule is CCn1nc(C)c(Br)c1CN1CCN(C2CCCC2)CC1. The Morgan fingerprint density at radius 3 is 2.43 bits per heavy atom. The predicted octanol–water partition coefficient (Wildman–Crippen LogP) is 3.03. The van der Waals surface area contributed by atoms with Gasteiger partial charge in [0.05, 0.1) is 15.9 Å². The van der Waals surface area contributed by atoms with Crippen LogP contribution >= 0.6 is 15.9 Å². The molecule has 1 aliphatic carbocycles. The van der Waals surface area contributed by atoms with Crippen molar-refractivity contribution >= 4 is 15.9 Å². The Balaban J connectivity index is 1.58. The molecule has 3 rings (SSSR count). The summed E-state index contributed by atoms with van der Waals surface area (Å²) in [5.74, 6) is 0. The molecule has 0 radical (unpaired) electrons. The van der Waals surface area contributed by atoms with Crippen molar-refractivity contribution in [3.05, 3.63) is 15.9 Å². The van der Waals surface area contributed by atoms with Crippen LogP contribution in [-0.2, 0) is 13.1 Å². The predicted molar refractivity (Wildman–Crippen MR) is 89.4 cm³/mol. The number of piperazine rings is 1. The van der Waals surface area contributed by atoms with Crippen LogP contribution in [0.2, 0.25) is 0 Å². The molecule has 0 spiro atoms. The first-order valence-corrected chi connectivity index (χ1v) is 9.16. The lowest BCUT2D eigenvalue weighted by Crippen LogP contribution is -2.49. The molecule has 2 fully saturated rings. The summed E-state index contributed by atoms with van der Waals surface area (Å²) in [7, 11) is 0. The van der Waals surface area contributed by atoms with Crippen LogP contribution < -0.4 is 0 Å². The second-order valence-corrected chi connectivity index (χ2v) is 7.21. The quantitative estimate of drug-likeness (QED) is 0.830. The van der Waals surface area contributed by atoms with Gasteiger partial charge in [-0.15, -0.1) is 0 Å². The molecule has 0 bridgehead atoms. The highest BCUT2D eigenvalue weighted by Crippen LogP contribution is 2.26. The van der Waals surface area contributed by atoms with E-state index in [1.807, 2.05) is 0 Å². The molecular formula is C16H27BrN4. The normalized spacial score (nSPS) is 22.2. The zero-order valence-electron chi connectivity index (χ0n) is 13.3. The summed E-state index contributed by atoms with van der Waals surface area (Å²) in [6.07, 6.45) is 5.72. The monoisotopic (exact) mass is 354 g/mol. The summed E-state index contributed by atoms with van der Waals surface area (Å²) in [6, 6.07) is 0.877. The van der Waals surface area contributed by atoms with Crippen molar-refractivity contribution in [1.29, 1.82) is 0 Å². The van der Waals surface area contributed by atoms with Crippen molar-refractivity contribution in [3.8, 4) is 0 Å². The molecule has 0 N–H and O–H groups in total. The third-order valence-electron chi connectivity index (χ3n) is 5.07. The van der Waals surface area contributed by atoms with Gasteiger partial charge < -0.3 is 0 Å². The van der Waals surface area contributed by atoms with Gasteiger partial charge >= 0.3 is 0 Å². The average molecular weight is 355 g/mol. The summed E-state index contributed by atoms with van der Waals surface area (Å²) in [5.41, 5.74) is 2.45. The Morgan fingerprint density at radius 2 is 1.81 bits per heavy atom. The fourth-order valence-electron chi connectivity index (χ4n) is 3.79. The number of hydrogen-bond acceptors (Lipinski definition) is 3. The van der Waals surface area contributed by atoms with E-state index < -0.39 is 0 Å². The van der Waals surface area contributed by atoms with Crippen molar-refractivity contribution in [2.24, 2.45) is 0 Å². The van der Waals surface area contributed by atoms with Gasteiger partial charge in [-0.05, 0) is 42.6 Å². The lowest BCUT2D eigenvalue weighted by Gasteiger charge is -2.38. The van der Waals surface area contributed by atoms with Gasteiger partial charge in [0.15, 0.2) is 0 Å². The zero-order chi connectivity index (χ0) is 14.8. The highest BCUT2D eigenvalue weighted by Gasteiger charge is 2.26. The van der Waals surface area contributed by atoms with Gasteiger partial charge in [0, 0.05) is 45.3 Å². The fraction of sp³-hybridized carbons (Fsp3) is 0.812. The minimum absolute atomic E-state index is 0.877. The molecule has 2 heterocycles. The molecule has 4 nitrogen and oxygen atoms in total. The van der Waals surface area contributed by atoms with Gasteiger partial charge in [-0.3, -0.25) is 14.5 Å². The van der Waals surface area contributed by atoms with Crippen molar-refractivity contribution in [1.82, 2.24) is 19.6 Å². The third kappa shape index (κ3) is 3.35. The van der Waals surface area contributed by atoms with E-state index in [2.05, 4.69) is 49.4 Å². The average Bonchev–Trinajstić information content (AvgIpc) is 3.12. The third-order valence-corrected chi connectivity index (χ3v) is 6.11. The molecule has 21 heavy (non-hydrogen) atoms. The molecule has 0 aromatic carbocycles.